The van der Waals surface area contributed by atoms with Gasteiger partial charge in [0.25, 0.3) is 5.56 Å². The molecule has 0 radical (unpaired) electrons. The molecule has 1 amide bonds. The standard InChI is InChI=1S/C20H21N3O3/c1-14-9-11-15(12-10-14)21-18(24)8-4-5-13-23-19(25)16-6-2-3-7-17(16)22-20(23)26/h2-3,6-7,9-12H,4-5,8,13H2,1H3,(H,21,24)(H,22,26). The monoisotopic (exact) mass is 351 g/mol. The number of aromatic nitrogens is 2. The molecule has 0 aliphatic rings. The van der Waals surface area contributed by atoms with Crippen LogP contribution < -0.4 is 16.6 Å². The number of fused-ring (bicyclic) bond motifs is 1. The number of para-hydroxylation sites is 1. The van der Waals surface area contributed by atoms with E-state index in [2.05, 4.69) is 10.3 Å². The van der Waals surface area contributed by atoms with E-state index >= 15 is 0 Å². The molecule has 2 N–H and O–H groups in total. The lowest BCUT2D eigenvalue weighted by Gasteiger charge is -2.07. The predicted molar refractivity (Wildman–Crippen MR) is 102 cm³/mol. The summed E-state index contributed by atoms with van der Waals surface area (Å²) in [5.74, 6) is -0.0754. The molecule has 0 saturated heterocycles. The molecular weight excluding hydrogens is 330 g/mol. The van der Waals surface area contributed by atoms with Gasteiger partial charge in [-0.15, -0.1) is 0 Å². The summed E-state index contributed by atoms with van der Waals surface area (Å²) < 4.78 is 1.19. The molecule has 0 atom stereocenters. The number of nitrogens with zero attached hydrogens (tertiary/aromatic N) is 1. The van der Waals surface area contributed by atoms with Gasteiger partial charge in [-0.3, -0.25) is 14.2 Å². The lowest BCUT2D eigenvalue weighted by Crippen LogP contribution is -2.35. The zero-order valence-electron chi connectivity index (χ0n) is 14.6. The first-order valence-electron chi connectivity index (χ1n) is 8.63. The Kier molecular flexibility index (Phi) is 5.31. The van der Waals surface area contributed by atoms with E-state index in [9.17, 15) is 14.4 Å². The lowest BCUT2D eigenvalue weighted by atomic mass is 10.2. The summed E-state index contributed by atoms with van der Waals surface area (Å²) in [7, 11) is 0. The van der Waals surface area contributed by atoms with Crippen molar-refractivity contribution >= 4 is 22.5 Å². The first-order valence-corrected chi connectivity index (χ1v) is 8.63. The minimum absolute atomic E-state index is 0.0754. The van der Waals surface area contributed by atoms with Crippen molar-refractivity contribution in [2.75, 3.05) is 5.32 Å². The first-order chi connectivity index (χ1) is 12.5. The van der Waals surface area contributed by atoms with E-state index in [-0.39, 0.29) is 18.0 Å². The van der Waals surface area contributed by atoms with Crippen molar-refractivity contribution in [2.24, 2.45) is 0 Å². The van der Waals surface area contributed by atoms with Crippen LogP contribution in [0, 0.1) is 6.92 Å². The van der Waals surface area contributed by atoms with Gasteiger partial charge in [-0.25, -0.2) is 4.79 Å². The van der Waals surface area contributed by atoms with Crippen LogP contribution in [0.5, 0.6) is 0 Å². The quantitative estimate of drug-likeness (QED) is 0.670. The number of unbranched alkanes of at least 4 members (excludes halogenated alkanes) is 1. The van der Waals surface area contributed by atoms with E-state index in [1.165, 1.54) is 4.57 Å². The van der Waals surface area contributed by atoms with Gasteiger partial charge in [-0.2, -0.15) is 0 Å². The molecule has 3 rings (SSSR count). The van der Waals surface area contributed by atoms with Gasteiger partial charge in [0.05, 0.1) is 10.9 Å². The molecule has 6 heteroatoms. The van der Waals surface area contributed by atoms with Crippen molar-refractivity contribution in [3.63, 3.8) is 0 Å². The highest BCUT2D eigenvalue weighted by Crippen LogP contribution is 2.10. The molecule has 0 saturated carbocycles. The fraction of sp³-hybridized carbons (Fsp3) is 0.250. The van der Waals surface area contributed by atoms with Crippen LogP contribution in [0.3, 0.4) is 0 Å². The number of rotatable bonds is 6. The second-order valence-corrected chi connectivity index (χ2v) is 6.30. The van der Waals surface area contributed by atoms with Crippen molar-refractivity contribution in [3.05, 3.63) is 74.9 Å². The van der Waals surface area contributed by atoms with Gasteiger partial charge >= 0.3 is 5.69 Å². The third-order valence-corrected chi connectivity index (χ3v) is 4.26. The number of hydrogen-bond acceptors (Lipinski definition) is 3. The molecule has 1 aromatic heterocycles. The SMILES string of the molecule is Cc1ccc(NC(=O)CCCCn2c(=O)[nH]c3ccccc3c2=O)cc1. The van der Waals surface area contributed by atoms with Crippen LogP contribution in [0.1, 0.15) is 24.8 Å². The van der Waals surface area contributed by atoms with Crippen molar-refractivity contribution in [2.45, 2.75) is 32.7 Å². The zero-order valence-corrected chi connectivity index (χ0v) is 14.6. The maximum absolute atomic E-state index is 12.4. The van der Waals surface area contributed by atoms with Gasteiger partial charge in [-0.05, 0) is 44.0 Å². The largest absolute Gasteiger partial charge is 0.328 e. The molecule has 3 aromatic rings. The maximum atomic E-state index is 12.4. The Hall–Kier alpha value is -3.15. The Balaban J connectivity index is 1.56. The summed E-state index contributed by atoms with van der Waals surface area (Å²) in [4.78, 5) is 39.2. The van der Waals surface area contributed by atoms with E-state index in [0.29, 0.717) is 30.2 Å². The first kappa shape index (κ1) is 17.7. The average molecular weight is 351 g/mol. The summed E-state index contributed by atoms with van der Waals surface area (Å²) in [6.45, 7) is 2.28. The number of nitrogens with one attached hydrogen (secondary N) is 2. The van der Waals surface area contributed by atoms with Crippen LogP contribution in [0.15, 0.2) is 58.1 Å². The van der Waals surface area contributed by atoms with Crippen LogP contribution in [0.25, 0.3) is 10.9 Å². The fourth-order valence-electron chi connectivity index (χ4n) is 2.82. The molecule has 6 nitrogen and oxygen atoms in total. The molecule has 1 heterocycles. The molecule has 26 heavy (non-hydrogen) atoms. The van der Waals surface area contributed by atoms with Crippen LogP contribution >= 0.6 is 0 Å². The molecule has 0 aliphatic carbocycles. The van der Waals surface area contributed by atoms with Crippen LogP contribution in [-0.4, -0.2) is 15.5 Å². The topological polar surface area (TPSA) is 84.0 Å². The minimum atomic E-state index is -0.419. The highest BCUT2D eigenvalue weighted by molar-refractivity contribution is 5.90. The maximum Gasteiger partial charge on any atom is 0.328 e. The number of aryl methyl sites for hydroxylation is 1. The Morgan fingerprint density at radius 2 is 1.77 bits per heavy atom. The summed E-state index contributed by atoms with van der Waals surface area (Å²) in [6, 6.07) is 14.5. The van der Waals surface area contributed by atoms with Gasteiger partial charge < -0.3 is 10.3 Å². The molecular formula is C20H21N3O3. The summed E-state index contributed by atoms with van der Waals surface area (Å²) >= 11 is 0. The lowest BCUT2D eigenvalue weighted by molar-refractivity contribution is -0.116. The van der Waals surface area contributed by atoms with Gasteiger partial charge in [0.15, 0.2) is 0 Å². The number of carbonyl (C=O) groups is 1. The molecule has 0 spiro atoms. The van der Waals surface area contributed by atoms with Crippen LogP contribution in [0.2, 0.25) is 0 Å². The highest BCUT2D eigenvalue weighted by atomic mass is 16.2. The number of amides is 1. The normalized spacial score (nSPS) is 10.8. The van der Waals surface area contributed by atoms with Gasteiger partial charge in [0.2, 0.25) is 5.91 Å². The Labute approximate surface area is 150 Å². The van der Waals surface area contributed by atoms with Crippen LogP contribution in [0.4, 0.5) is 5.69 Å². The van der Waals surface area contributed by atoms with Crippen molar-refractivity contribution in [1.29, 1.82) is 0 Å². The molecule has 2 aromatic carbocycles. The van der Waals surface area contributed by atoms with Gasteiger partial charge in [-0.1, -0.05) is 29.8 Å². The highest BCUT2D eigenvalue weighted by Gasteiger charge is 2.07. The zero-order chi connectivity index (χ0) is 18.5. The molecule has 0 fully saturated rings. The second kappa shape index (κ2) is 7.82. The van der Waals surface area contributed by atoms with Gasteiger partial charge in [0, 0.05) is 18.7 Å². The number of hydrogen-bond donors (Lipinski definition) is 2. The summed E-state index contributed by atoms with van der Waals surface area (Å²) in [6.07, 6.45) is 1.51. The third-order valence-electron chi connectivity index (χ3n) is 4.26. The fourth-order valence-corrected chi connectivity index (χ4v) is 2.82. The number of benzene rings is 2. The van der Waals surface area contributed by atoms with E-state index in [0.717, 1.165) is 11.3 Å². The Morgan fingerprint density at radius 1 is 1.04 bits per heavy atom. The van der Waals surface area contributed by atoms with Gasteiger partial charge in [0.1, 0.15) is 0 Å². The van der Waals surface area contributed by atoms with Crippen molar-refractivity contribution in [3.8, 4) is 0 Å². The Morgan fingerprint density at radius 3 is 2.54 bits per heavy atom. The van der Waals surface area contributed by atoms with E-state index in [1.807, 2.05) is 31.2 Å². The Bertz CT molecular complexity index is 1030. The van der Waals surface area contributed by atoms with Crippen LogP contribution in [-0.2, 0) is 11.3 Å². The van der Waals surface area contributed by atoms with E-state index in [1.54, 1.807) is 24.3 Å². The molecule has 0 unspecified atom stereocenters. The molecule has 0 aliphatic heterocycles. The number of H-pyrrole nitrogens is 1. The predicted octanol–water partition coefficient (Wildman–Crippen LogP) is 2.81. The summed E-state index contributed by atoms with van der Waals surface area (Å²) in [5, 5.41) is 3.33. The third kappa shape index (κ3) is 4.08. The van der Waals surface area contributed by atoms with E-state index < -0.39 is 5.69 Å². The smallest absolute Gasteiger partial charge is 0.326 e. The molecule has 0 bridgehead atoms. The van der Waals surface area contributed by atoms with Crippen molar-refractivity contribution in [1.82, 2.24) is 9.55 Å². The average Bonchev–Trinajstić information content (AvgIpc) is 2.63. The number of anilines is 1. The number of carbonyl (C=O) groups excluding carboxylic acids is 1. The summed E-state index contributed by atoms with van der Waals surface area (Å²) in [5.41, 5.74) is 1.72. The minimum Gasteiger partial charge on any atom is -0.326 e. The van der Waals surface area contributed by atoms with E-state index in [4.69, 9.17) is 0 Å². The molecule has 134 valence electrons. The second-order valence-electron chi connectivity index (χ2n) is 6.30. The number of aromatic amines is 1. The van der Waals surface area contributed by atoms with Crippen molar-refractivity contribution < 1.29 is 4.79 Å².